The van der Waals surface area contributed by atoms with Crippen molar-refractivity contribution in [3.63, 3.8) is 0 Å². The number of thiophene rings is 1. The number of nitrogens with zero attached hydrogens (tertiary/aromatic N) is 1. The molecule has 2 aromatic heterocycles. The fraction of sp³-hybridized carbons (Fsp3) is 0.311. The molecular weight excluding hydrogens is 771 g/mol. The third-order valence-corrected chi connectivity index (χ3v) is 10.0. The number of aliphatic hydroxyl groups is 2. The predicted octanol–water partition coefficient (Wildman–Crippen LogP) is 6.48. The second-order valence-electron chi connectivity index (χ2n) is 13.7. The Morgan fingerprint density at radius 2 is 1.08 bits per heavy atom. The lowest BCUT2D eigenvalue weighted by atomic mass is 10.0. The Bertz CT molecular complexity index is 2100. The van der Waals surface area contributed by atoms with Crippen LogP contribution in [0.25, 0.3) is 10.9 Å². The average molecular weight is 822 g/mol. The number of unbranched alkanes of at least 4 members (excludes halogenated alkanes) is 4. The highest BCUT2D eigenvalue weighted by Gasteiger charge is 2.23. The second kappa shape index (κ2) is 25.3. The highest BCUT2D eigenvalue weighted by atomic mass is 32.1. The van der Waals surface area contributed by atoms with Crippen molar-refractivity contribution < 1.29 is 39.0 Å². The summed E-state index contributed by atoms with van der Waals surface area (Å²) in [6.07, 6.45) is 7.15. The van der Waals surface area contributed by atoms with Crippen molar-refractivity contribution in [3.8, 4) is 0 Å². The van der Waals surface area contributed by atoms with E-state index < -0.39 is 25.3 Å². The molecule has 0 aliphatic carbocycles. The number of carbonyl (C=O) groups is 6. The molecule has 0 fully saturated rings. The zero-order chi connectivity index (χ0) is 42.2. The number of carbonyl (C=O) groups excluding carboxylic acids is 6. The molecule has 0 unspecified atom stereocenters. The third kappa shape index (κ3) is 16.4. The molecule has 3 aromatic carbocycles. The normalized spacial score (nSPS) is 11.6. The smallest absolute Gasteiger partial charge is 0.261 e. The van der Waals surface area contributed by atoms with Crippen molar-refractivity contribution in [2.45, 2.75) is 76.3 Å². The van der Waals surface area contributed by atoms with Crippen molar-refractivity contribution in [2.75, 3.05) is 23.8 Å². The molecule has 13 nitrogen and oxygen atoms in total. The van der Waals surface area contributed by atoms with Gasteiger partial charge in [-0.3, -0.25) is 33.8 Å². The number of rotatable bonds is 22. The van der Waals surface area contributed by atoms with Crippen LogP contribution in [0.5, 0.6) is 0 Å². The Labute approximate surface area is 347 Å². The first-order chi connectivity index (χ1) is 28.7. The summed E-state index contributed by atoms with van der Waals surface area (Å²) in [5, 5.41) is 31.5. The summed E-state index contributed by atoms with van der Waals surface area (Å²) in [7, 11) is 0. The number of benzene rings is 3. The molecule has 2 atom stereocenters. The van der Waals surface area contributed by atoms with E-state index in [4.69, 9.17) is 10.2 Å². The first-order valence-electron chi connectivity index (χ1n) is 19.6. The summed E-state index contributed by atoms with van der Waals surface area (Å²) in [5.41, 5.74) is 2.50. The zero-order valence-electron chi connectivity index (χ0n) is 32.8. The summed E-state index contributed by atoms with van der Waals surface area (Å²) in [6, 6.07) is 29.5. The number of anilines is 2. The Kier molecular flexibility index (Phi) is 19.6. The lowest BCUT2D eigenvalue weighted by Gasteiger charge is -2.19. The van der Waals surface area contributed by atoms with E-state index in [1.165, 1.54) is 17.5 Å². The van der Waals surface area contributed by atoms with E-state index in [2.05, 4.69) is 26.3 Å². The predicted molar refractivity (Wildman–Crippen MR) is 229 cm³/mol. The molecule has 0 aliphatic rings. The van der Waals surface area contributed by atoms with Crippen molar-refractivity contribution in [2.24, 2.45) is 0 Å². The second-order valence-corrected chi connectivity index (χ2v) is 14.7. The molecule has 0 spiro atoms. The van der Waals surface area contributed by atoms with Crippen LogP contribution >= 0.6 is 11.3 Å². The van der Waals surface area contributed by atoms with Gasteiger partial charge in [0.1, 0.15) is 25.3 Å². The van der Waals surface area contributed by atoms with Gasteiger partial charge in [0.2, 0.25) is 11.8 Å². The Balaban J connectivity index is 0.000000265. The number of Topliss-reactive ketones (excluding diaryl/α,β-unsaturated/α-hetero) is 2. The van der Waals surface area contributed by atoms with Crippen LogP contribution in [-0.4, -0.2) is 75.7 Å². The van der Waals surface area contributed by atoms with Crippen LogP contribution in [0.2, 0.25) is 0 Å². The number of pyridine rings is 1. The number of aromatic nitrogens is 1. The number of nitrogens with one attached hydrogen (secondary N) is 4. The fourth-order valence-corrected chi connectivity index (χ4v) is 6.59. The molecule has 0 saturated carbocycles. The van der Waals surface area contributed by atoms with E-state index in [-0.39, 0.29) is 35.2 Å². The van der Waals surface area contributed by atoms with Gasteiger partial charge in [-0.05, 0) is 73.5 Å². The molecule has 59 heavy (non-hydrogen) atoms. The van der Waals surface area contributed by atoms with E-state index in [1.807, 2.05) is 66.0 Å². The van der Waals surface area contributed by atoms with Crippen LogP contribution in [0.1, 0.15) is 84.2 Å². The van der Waals surface area contributed by atoms with Crippen LogP contribution in [-0.2, 0) is 19.2 Å². The number of ketones is 2. The Hall–Kier alpha value is -6.09. The quantitative estimate of drug-likeness (QED) is 0.0423. The van der Waals surface area contributed by atoms with Crippen LogP contribution in [0, 0.1) is 0 Å². The minimum absolute atomic E-state index is 0.181. The van der Waals surface area contributed by atoms with E-state index in [1.54, 1.807) is 42.5 Å². The van der Waals surface area contributed by atoms with Crippen LogP contribution in [0.3, 0.4) is 0 Å². The highest BCUT2D eigenvalue weighted by Crippen LogP contribution is 2.16. The number of hydrogen-bond acceptors (Lipinski definition) is 10. The largest absolute Gasteiger partial charge is 0.389 e. The number of amides is 4. The molecule has 2 heterocycles. The topological polar surface area (TPSA) is 204 Å². The minimum Gasteiger partial charge on any atom is -0.389 e. The summed E-state index contributed by atoms with van der Waals surface area (Å²) in [5.74, 6) is -1.58. The van der Waals surface area contributed by atoms with Gasteiger partial charge in [0.25, 0.3) is 11.8 Å². The molecular formula is C45H51N5O8S. The third-order valence-electron chi connectivity index (χ3n) is 9.17. The van der Waals surface area contributed by atoms with Gasteiger partial charge in [0, 0.05) is 35.8 Å². The first kappa shape index (κ1) is 45.6. The summed E-state index contributed by atoms with van der Waals surface area (Å²) < 4.78 is 0. The maximum atomic E-state index is 12.9. The van der Waals surface area contributed by atoms with E-state index >= 15 is 0 Å². The van der Waals surface area contributed by atoms with Gasteiger partial charge in [-0.1, -0.05) is 86.3 Å². The van der Waals surface area contributed by atoms with Gasteiger partial charge < -0.3 is 31.5 Å². The zero-order valence-corrected chi connectivity index (χ0v) is 33.6. The van der Waals surface area contributed by atoms with Gasteiger partial charge in [0.05, 0.1) is 16.0 Å². The average Bonchev–Trinajstić information content (AvgIpc) is 3.81. The summed E-state index contributed by atoms with van der Waals surface area (Å²) in [6.45, 7) is -0.878. The molecule has 0 radical (unpaired) electrons. The van der Waals surface area contributed by atoms with Gasteiger partial charge in [0.15, 0.2) is 11.6 Å². The molecule has 6 N–H and O–H groups in total. The Morgan fingerprint density at radius 1 is 0.576 bits per heavy atom. The molecule has 5 aromatic rings. The standard InChI is InChI=1S/C25H27N3O4.C20H24N2O4S/c29-17-21(30)12-5-2-6-14-23(25(32)27-20-10-3-1-4-11-20)28-24(31)19-15-18-9-7-8-13-22(18)26-16-19;23-14-16(24)10-5-2-6-11-17(22-20(26)18-12-7-13-27-18)19(25)21-15-8-3-1-4-9-15/h1,3-4,7-11,13,15-16,23,29H,2,5-6,12,14,17H2,(H,27,32)(H,28,31);1,3-4,7-9,12-13,17,23H,2,5-6,10-11,14H2,(H,21,25)(H,22,26)/t23-;17-/m00/s1. The molecule has 0 aliphatic heterocycles. The fourth-order valence-electron chi connectivity index (χ4n) is 5.97. The number of fused-ring (bicyclic) bond motifs is 1. The van der Waals surface area contributed by atoms with Gasteiger partial charge in [-0.25, -0.2) is 0 Å². The van der Waals surface area contributed by atoms with Crippen molar-refractivity contribution in [3.05, 3.63) is 125 Å². The van der Waals surface area contributed by atoms with E-state index in [9.17, 15) is 28.8 Å². The minimum atomic E-state index is -0.734. The molecule has 14 heteroatoms. The van der Waals surface area contributed by atoms with E-state index in [0.29, 0.717) is 79.6 Å². The van der Waals surface area contributed by atoms with Gasteiger partial charge in [-0.2, -0.15) is 0 Å². The van der Waals surface area contributed by atoms with Crippen molar-refractivity contribution >= 4 is 68.8 Å². The SMILES string of the molecule is O=C(CO)CCCCC[C@H](NC(=O)c1cccs1)C(=O)Nc1ccccc1.O=C(CO)CCCCC[C@H](NC(=O)c1cnc2ccccc2c1)C(=O)Nc1ccccc1. The lowest BCUT2D eigenvalue weighted by Crippen LogP contribution is -2.43. The monoisotopic (exact) mass is 821 g/mol. The lowest BCUT2D eigenvalue weighted by molar-refractivity contribution is -0.122. The first-order valence-corrected chi connectivity index (χ1v) is 20.5. The van der Waals surface area contributed by atoms with Gasteiger partial charge in [-0.15, -0.1) is 11.3 Å². The van der Waals surface area contributed by atoms with Crippen molar-refractivity contribution in [1.82, 2.24) is 15.6 Å². The number of aliphatic hydroxyl groups excluding tert-OH is 2. The molecule has 5 rings (SSSR count). The maximum Gasteiger partial charge on any atom is 0.261 e. The van der Waals surface area contributed by atoms with Crippen molar-refractivity contribution in [1.29, 1.82) is 0 Å². The van der Waals surface area contributed by atoms with Crippen LogP contribution in [0.4, 0.5) is 11.4 Å². The summed E-state index contributed by atoms with van der Waals surface area (Å²) in [4.78, 5) is 78.0. The Morgan fingerprint density at radius 3 is 1.59 bits per heavy atom. The number of hydrogen-bond donors (Lipinski definition) is 6. The van der Waals surface area contributed by atoms with Gasteiger partial charge >= 0.3 is 0 Å². The molecule has 0 saturated heterocycles. The molecule has 4 amide bonds. The van der Waals surface area contributed by atoms with Crippen LogP contribution < -0.4 is 21.3 Å². The van der Waals surface area contributed by atoms with Crippen LogP contribution in [0.15, 0.2) is 115 Å². The molecule has 0 bridgehead atoms. The summed E-state index contributed by atoms with van der Waals surface area (Å²) >= 11 is 1.32. The van der Waals surface area contributed by atoms with E-state index in [0.717, 1.165) is 17.3 Å². The number of para-hydroxylation sites is 3. The molecule has 310 valence electrons. The highest BCUT2D eigenvalue weighted by molar-refractivity contribution is 7.12. The maximum absolute atomic E-state index is 12.9.